The van der Waals surface area contributed by atoms with Crippen molar-refractivity contribution in [2.24, 2.45) is 4.99 Å². The highest BCUT2D eigenvalue weighted by Gasteiger charge is 2.03. The summed E-state index contributed by atoms with van der Waals surface area (Å²) in [5, 5.41) is 9.62. The number of carbonyl (C=O) groups is 1. The molecule has 0 unspecified atom stereocenters. The third-order valence-electron chi connectivity index (χ3n) is 1.73. The Morgan fingerprint density at radius 3 is 2.86 bits per heavy atom. The van der Waals surface area contributed by atoms with Crippen molar-refractivity contribution < 1.29 is 10.0 Å². The topological polar surface area (TPSA) is 54.6 Å². The molecule has 0 fully saturated rings. The van der Waals surface area contributed by atoms with Gasteiger partial charge in [-0.05, 0) is 12.1 Å². The van der Waals surface area contributed by atoms with E-state index in [-0.39, 0.29) is 5.91 Å². The van der Waals surface area contributed by atoms with Gasteiger partial charge < -0.3 is 5.21 Å². The number of para-hydroxylation sites is 1. The molecular formula is C9H8N2O2S. The summed E-state index contributed by atoms with van der Waals surface area (Å²) >= 11 is 1.28. The predicted molar refractivity (Wildman–Crippen MR) is 53.2 cm³/mol. The third-order valence-corrected chi connectivity index (χ3v) is 2.74. The van der Waals surface area contributed by atoms with Crippen LogP contribution in [0, 0.1) is 0 Å². The van der Waals surface area contributed by atoms with E-state index in [1.54, 1.807) is 6.07 Å². The molecule has 0 aliphatic rings. The van der Waals surface area contributed by atoms with Crippen molar-refractivity contribution in [3.05, 3.63) is 29.1 Å². The number of nitrogens with zero attached hydrogens (tertiary/aromatic N) is 2. The largest absolute Gasteiger partial charge is 0.425 e. The number of fused-ring (bicyclic) bond motifs is 1. The molecular weight excluding hydrogens is 200 g/mol. The maximum Gasteiger partial charge on any atom is 0.245 e. The minimum atomic E-state index is -0.320. The van der Waals surface area contributed by atoms with E-state index in [9.17, 15) is 10.0 Å². The Morgan fingerprint density at radius 1 is 1.50 bits per heavy atom. The van der Waals surface area contributed by atoms with E-state index in [2.05, 4.69) is 4.99 Å². The van der Waals surface area contributed by atoms with Crippen LogP contribution in [0.4, 0.5) is 0 Å². The van der Waals surface area contributed by atoms with Crippen LogP contribution in [0.15, 0.2) is 29.3 Å². The lowest BCUT2D eigenvalue weighted by Crippen LogP contribution is -2.12. The zero-order valence-corrected chi connectivity index (χ0v) is 8.28. The van der Waals surface area contributed by atoms with Gasteiger partial charge in [-0.25, -0.2) is 0 Å². The van der Waals surface area contributed by atoms with Gasteiger partial charge in [0.15, 0.2) is 0 Å². The van der Waals surface area contributed by atoms with E-state index in [0.29, 0.717) is 10.3 Å². The van der Waals surface area contributed by atoms with E-state index in [1.807, 2.05) is 18.2 Å². The molecule has 2 aromatic rings. The summed E-state index contributed by atoms with van der Waals surface area (Å²) in [5.41, 5.74) is 0.664. The summed E-state index contributed by atoms with van der Waals surface area (Å²) in [7, 11) is 0. The molecule has 1 N–H and O–H groups in total. The van der Waals surface area contributed by atoms with Gasteiger partial charge in [0.05, 0.1) is 4.70 Å². The molecule has 72 valence electrons. The van der Waals surface area contributed by atoms with Crippen molar-refractivity contribution in [1.82, 2.24) is 4.73 Å². The fourth-order valence-electron chi connectivity index (χ4n) is 1.17. The first kappa shape index (κ1) is 8.96. The SMILES string of the molecule is CC(=O)N=c1sc2ccccc2n1O. The molecule has 2 rings (SSSR count). The third kappa shape index (κ3) is 1.42. The van der Waals surface area contributed by atoms with Gasteiger partial charge in [0.2, 0.25) is 10.7 Å². The summed E-state index contributed by atoms with van der Waals surface area (Å²) in [5.74, 6) is -0.320. The van der Waals surface area contributed by atoms with Gasteiger partial charge in [-0.1, -0.05) is 23.5 Å². The minimum absolute atomic E-state index is 0.304. The summed E-state index contributed by atoms with van der Waals surface area (Å²) in [6.45, 7) is 1.35. The summed E-state index contributed by atoms with van der Waals surface area (Å²) in [4.78, 5) is 14.8. The van der Waals surface area contributed by atoms with Crippen LogP contribution in [0.3, 0.4) is 0 Å². The van der Waals surface area contributed by atoms with Gasteiger partial charge in [0, 0.05) is 6.92 Å². The first-order valence-corrected chi connectivity index (χ1v) is 4.85. The molecule has 14 heavy (non-hydrogen) atoms. The van der Waals surface area contributed by atoms with Crippen LogP contribution in [-0.4, -0.2) is 15.8 Å². The fourth-order valence-corrected chi connectivity index (χ4v) is 2.13. The van der Waals surface area contributed by atoms with Crippen LogP contribution in [-0.2, 0) is 4.79 Å². The van der Waals surface area contributed by atoms with Crippen LogP contribution < -0.4 is 4.80 Å². The number of thiazole rings is 1. The van der Waals surface area contributed by atoms with Crippen LogP contribution in [0.5, 0.6) is 0 Å². The Hall–Kier alpha value is -1.62. The lowest BCUT2D eigenvalue weighted by Gasteiger charge is -1.91. The molecule has 5 heteroatoms. The van der Waals surface area contributed by atoms with E-state index < -0.39 is 0 Å². The van der Waals surface area contributed by atoms with Crippen molar-refractivity contribution in [3.63, 3.8) is 0 Å². The van der Waals surface area contributed by atoms with Crippen LogP contribution in [0.1, 0.15) is 6.92 Å². The number of aromatic nitrogens is 1. The highest BCUT2D eigenvalue weighted by molar-refractivity contribution is 7.16. The average Bonchev–Trinajstić information content (AvgIpc) is 2.44. The second-order valence-electron chi connectivity index (χ2n) is 2.79. The van der Waals surface area contributed by atoms with Gasteiger partial charge in [-0.15, -0.1) is 0 Å². The van der Waals surface area contributed by atoms with Crippen molar-refractivity contribution >= 4 is 27.5 Å². The van der Waals surface area contributed by atoms with Crippen molar-refractivity contribution in [2.45, 2.75) is 6.92 Å². The Kier molecular flexibility index (Phi) is 2.09. The Balaban J connectivity index is 2.81. The van der Waals surface area contributed by atoms with E-state index in [1.165, 1.54) is 18.3 Å². The zero-order valence-electron chi connectivity index (χ0n) is 7.47. The molecule has 1 amide bonds. The quantitative estimate of drug-likeness (QED) is 0.665. The zero-order chi connectivity index (χ0) is 10.1. The highest BCUT2D eigenvalue weighted by atomic mass is 32.1. The number of rotatable bonds is 0. The first-order chi connectivity index (χ1) is 6.68. The second-order valence-corrected chi connectivity index (χ2v) is 3.80. The first-order valence-electron chi connectivity index (χ1n) is 4.03. The van der Waals surface area contributed by atoms with E-state index >= 15 is 0 Å². The minimum Gasteiger partial charge on any atom is -0.425 e. The van der Waals surface area contributed by atoms with Gasteiger partial charge in [-0.3, -0.25) is 4.79 Å². The molecule has 0 spiro atoms. The molecule has 1 aromatic heterocycles. The van der Waals surface area contributed by atoms with Crippen molar-refractivity contribution in [2.75, 3.05) is 0 Å². The maximum absolute atomic E-state index is 10.8. The summed E-state index contributed by atoms with van der Waals surface area (Å²) < 4.78 is 1.83. The maximum atomic E-state index is 10.8. The lowest BCUT2D eigenvalue weighted by molar-refractivity contribution is -0.116. The molecule has 1 heterocycles. The Bertz CT molecular complexity index is 553. The van der Waals surface area contributed by atoms with Gasteiger partial charge in [0.25, 0.3) is 0 Å². The van der Waals surface area contributed by atoms with Gasteiger partial charge in [0.1, 0.15) is 5.52 Å². The second kappa shape index (κ2) is 3.26. The fraction of sp³-hybridized carbons (Fsp3) is 0.111. The highest BCUT2D eigenvalue weighted by Crippen LogP contribution is 2.14. The molecule has 0 aliphatic heterocycles. The normalized spacial score (nSPS) is 12.2. The number of carbonyl (C=O) groups excluding carboxylic acids is 1. The summed E-state index contributed by atoms with van der Waals surface area (Å²) in [6, 6.07) is 7.33. The average molecular weight is 208 g/mol. The van der Waals surface area contributed by atoms with Crippen LogP contribution in [0.25, 0.3) is 10.2 Å². The molecule has 0 saturated heterocycles. The molecule has 0 bridgehead atoms. The van der Waals surface area contributed by atoms with Gasteiger partial charge in [-0.2, -0.15) is 9.72 Å². The van der Waals surface area contributed by atoms with Crippen LogP contribution in [0.2, 0.25) is 0 Å². The summed E-state index contributed by atoms with van der Waals surface area (Å²) in [6.07, 6.45) is 0. The molecule has 4 nitrogen and oxygen atoms in total. The predicted octanol–water partition coefficient (Wildman–Crippen LogP) is 1.39. The number of hydrogen-bond acceptors (Lipinski definition) is 3. The van der Waals surface area contributed by atoms with E-state index in [0.717, 1.165) is 9.43 Å². The molecule has 0 saturated carbocycles. The van der Waals surface area contributed by atoms with Crippen molar-refractivity contribution in [1.29, 1.82) is 0 Å². The Labute approximate surface area is 83.7 Å². The Morgan fingerprint density at radius 2 is 2.21 bits per heavy atom. The number of benzene rings is 1. The molecule has 0 aliphatic carbocycles. The van der Waals surface area contributed by atoms with Crippen molar-refractivity contribution in [3.8, 4) is 0 Å². The number of amides is 1. The van der Waals surface area contributed by atoms with Crippen LogP contribution >= 0.6 is 11.3 Å². The molecule has 1 aromatic carbocycles. The van der Waals surface area contributed by atoms with E-state index in [4.69, 9.17) is 0 Å². The smallest absolute Gasteiger partial charge is 0.245 e. The molecule has 0 radical (unpaired) electrons. The standard InChI is InChI=1S/C9H8N2O2S/c1-6(12)10-9-11(13)7-4-2-3-5-8(7)14-9/h2-5,13H,1H3. The monoisotopic (exact) mass is 208 g/mol. The molecule has 0 atom stereocenters. The number of hydrogen-bond donors (Lipinski definition) is 1. The lowest BCUT2D eigenvalue weighted by atomic mass is 10.3. The van der Waals surface area contributed by atoms with Gasteiger partial charge >= 0.3 is 0 Å².